The van der Waals surface area contributed by atoms with Crippen molar-refractivity contribution >= 4 is 11.8 Å². The normalized spacial score (nSPS) is 20.8. The SMILES string of the molecule is Fc1ccc(CNC2CCSC2)c(F)c1. The van der Waals surface area contributed by atoms with Gasteiger partial charge in [-0.05, 0) is 18.2 Å². The number of hydrogen-bond donors (Lipinski definition) is 1. The molecule has 1 saturated heterocycles. The molecule has 0 aromatic heterocycles. The van der Waals surface area contributed by atoms with E-state index in [1.54, 1.807) is 0 Å². The molecule has 1 aliphatic heterocycles. The second kappa shape index (κ2) is 4.94. The molecule has 0 spiro atoms. The van der Waals surface area contributed by atoms with Crippen LogP contribution in [0.3, 0.4) is 0 Å². The van der Waals surface area contributed by atoms with Crippen molar-refractivity contribution in [3.63, 3.8) is 0 Å². The molecule has 2 rings (SSSR count). The molecule has 0 aliphatic carbocycles. The summed E-state index contributed by atoms with van der Waals surface area (Å²) in [5.74, 6) is 1.27. The number of thioether (sulfide) groups is 1. The maximum Gasteiger partial charge on any atom is 0.130 e. The predicted molar refractivity (Wildman–Crippen MR) is 58.9 cm³/mol. The average Bonchev–Trinajstić information content (AvgIpc) is 2.69. The summed E-state index contributed by atoms with van der Waals surface area (Å²) in [4.78, 5) is 0. The smallest absolute Gasteiger partial charge is 0.130 e. The molecule has 0 saturated carbocycles. The minimum Gasteiger partial charge on any atom is -0.309 e. The molecule has 1 heterocycles. The third kappa shape index (κ3) is 2.92. The highest BCUT2D eigenvalue weighted by Crippen LogP contribution is 2.18. The molecular formula is C11H13F2NS. The van der Waals surface area contributed by atoms with Gasteiger partial charge in [0.15, 0.2) is 0 Å². The Hall–Kier alpha value is -0.610. The first-order valence-corrected chi connectivity index (χ1v) is 6.16. The summed E-state index contributed by atoms with van der Waals surface area (Å²) in [5.41, 5.74) is 0.535. The van der Waals surface area contributed by atoms with E-state index in [-0.39, 0.29) is 0 Å². The van der Waals surface area contributed by atoms with Gasteiger partial charge in [0.05, 0.1) is 0 Å². The zero-order valence-corrected chi connectivity index (χ0v) is 9.12. The number of hydrogen-bond acceptors (Lipinski definition) is 2. The molecule has 0 bridgehead atoms. The van der Waals surface area contributed by atoms with Crippen LogP contribution in [0.25, 0.3) is 0 Å². The Balaban J connectivity index is 1.92. The first kappa shape index (κ1) is 10.9. The van der Waals surface area contributed by atoms with Crippen LogP contribution in [-0.4, -0.2) is 17.5 Å². The maximum absolute atomic E-state index is 13.2. The summed E-state index contributed by atoms with van der Waals surface area (Å²) in [7, 11) is 0. The van der Waals surface area contributed by atoms with Crippen molar-refractivity contribution in [1.29, 1.82) is 0 Å². The van der Waals surface area contributed by atoms with E-state index in [0.717, 1.165) is 18.2 Å². The minimum absolute atomic E-state index is 0.465. The highest BCUT2D eigenvalue weighted by molar-refractivity contribution is 7.99. The lowest BCUT2D eigenvalue weighted by atomic mass is 10.2. The Labute approximate surface area is 92.3 Å². The maximum atomic E-state index is 13.2. The van der Waals surface area contributed by atoms with Crippen molar-refractivity contribution in [2.24, 2.45) is 0 Å². The molecule has 1 aliphatic rings. The minimum atomic E-state index is -0.521. The van der Waals surface area contributed by atoms with Gasteiger partial charge in [-0.15, -0.1) is 0 Å². The molecule has 82 valence electrons. The fraction of sp³-hybridized carbons (Fsp3) is 0.455. The summed E-state index contributed by atoms with van der Waals surface area (Å²) >= 11 is 1.91. The third-order valence-electron chi connectivity index (χ3n) is 2.53. The summed E-state index contributed by atoms with van der Waals surface area (Å²) in [6.07, 6.45) is 1.13. The van der Waals surface area contributed by atoms with Gasteiger partial charge in [-0.3, -0.25) is 0 Å². The van der Waals surface area contributed by atoms with E-state index in [9.17, 15) is 8.78 Å². The Bertz CT molecular complexity index is 337. The summed E-state index contributed by atoms with van der Waals surface area (Å²) < 4.78 is 25.9. The average molecular weight is 229 g/mol. The van der Waals surface area contributed by atoms with Crippen LogP contribution in [0.5, 0.6) is 0 Å². The number of rotatable bonds is 3. The molecule has 1 atom stereocenters. The third-order valence-corrected chi connectivity index (χ3v) is 3.69. The second-order valence-electron chi connectivity index (χ2n) is 3.68. The van der Waals surface area contributed by atoms with E-state index in [1.807, 2.05) is 11.8 Å². The van der Waals surface area contributed by atoms with Crippen LogP contribution in [0.2, 0.25) is 0 Å². The van der Waals surface area contributed by atoms with E-state index in [4.69, 9.17) is 0 Å². The Kier molecular flexibility index (Phi) is 3.59. The van der Waals surface area contributed by atoms with E-state index < -0.39 is 11.6 Å². The van der Waals surface area contributed by atoms with E-state index in [1.165, 1.54) is 17.9 Å². The molecule has 1 unspecified atom stereocenters. The Morgan fingerprint density at radius 3 is 2.93 bits per heavy atom. The van der Waals surface area contributed by atoms with Gasteiger partial charge in [-0.1, -0.05) is 6.07 Å². The summed E-state index contributed by atoms with van der Waals surface area (Å²) in [6, 6.07) is 4.20. The summed E-state index contributed by atoms with van der Waals surface area (Å²) in [5, 5.41) is 3.27. The van der Waals surface area contributed by atoms with Gasteiger partial charge in [0.1, 0.15) is 11.6 Å². The predicted octanol–water partition coefficient (Wildman–Crippen LogP) is 2.56. The Morgan fingerprint density at radius 1 is 1.40 bits per heavy atom. The molecule has 4 heteroatoms. The van der Waals surface area contributed by atoms with Crippen LogP contribution < -0.4 is 5.32 Å². The molecule has 1 aromatic carbocycles. The van der Waals surface area contributed by atoms with Crippen molar-refractivity contribution in [2.45, 2.75) is 19.0 Å². The molecule has 1 N–H and O–H groups in total. The fourth-order valence-corrected chi connectivity index (χ4v) is 2.80. The second-order valence-corrected chi connectivity index (χ2v) is 4.83. The first-order chi connectivity index (χ1) is 7.25. The van der Waals surface area contributed by atoms with Crippen LogP contribution in [0.15, 0.2) is 18.2 Å². The molecule has 1 aromatic rings. The van der Waals surface area contributed by atoms with Gasteiger partial charge in [0.2, 0.25) is 0 Å². The van der Waals surface area contributed by atoms with Gasteiger partial charge < -0.3 is 5.32 Å². The van der Waals surface area contributed by atoms with Crippen molar-refractivity contribution in [1.82, 2.24) is 5.32 Å². The lowest BCUT2D eigenvalue weighted by molar-refractivity contribution is 0.526. The van der Waals surface area contributed by atoms with Gasteiger partial charge in [-0.25, -0.2) is 8.78 Å². The number of benzene rings is 1. The zero-order valence-electron chi connectivity index (χ0n) is 8.30. The van der Waals surface area contributed by atoms with Gasteiger partial charge in [0, 0.05) is 30.0 Å². The number of nitrogens with one attached hydrogen (secondary N) is 1. The van der Waals surface area contributed by atoms with Gasteiger partial charge in [-0.2, -0.15) is 11.8 Å². The lowest BCUT2D eigenvalue weighted by Crippen LogP contribution is -2.28. The lowest BCUT2D eigenvalue weighted by Gasteiger charge is -2.11. The highest BCUT2D eigenvalue weighted by atomic mass is 32.2. The molecule has 0 radical (unpaired) electrons. The molecular weight excluding hydrogens is 216 g/mol. The largest absolute Gasteiger partial charge is 0.309 e. The van der Waals surface area contributed by atoms with Crippen molar-refractivity contribution in [2.75, 3.05) is 11.5 Å². The summed E-state index contributed by atoms with van der Waals surface area (Å²) in [6.45, 7) is 0.483. The van der Waals surface area contributed by atoms with Crippen LogP contribution in [0.1, 0.15) is 12.0 Å². The van der Waals surface area contributed by atoms with E-state index in [0.29, 0.717) is 18.2 Å². The topological polar surface area (TPSA) is 12.0 Å². The Morgan fingerprint density at radius 2 is 2.27 bits per heavy atom. The monoisotopic (exact) mass is 229 g/mol. The first-order valence-electron chi connectivity index (χ1n) is 5.01. The van der Waals surface area contributed by atoms with Crippen molar-refractivity contribution in [3.05, 3.63) is 35.4 Å². The quantitative estimate of drug-likeness (QED) is 0.855. The fourth-order valence-electron chi connectivity index (χ4n) is 1.61. The highest BCUT2D eigenvalue weighted by Gasteiger charge is 2.15. The van der Waals surface area contributed by atoms with E-state index in [2.05, 4.69) is 5.32 Å². The van der Waals surface area contributed by atoms with Crippen LogP contribution in [0, 0.1) is 11.6 Å². The van der Waals surface area contributed by atoms with Crippen LogP contribution >= 0.6 is 11.8 Å². The van der Waals surface area contributed by atoms with Crippen LogP contribution in [-0.2, 0) is 6.54 Å². The molecule has 0 amide bonds. The zero-order chi connectivity index (χ0) is 10.7. The standard InChI is InChI=1S/C11H13F2NS/c12-9-2-1-8(11(13)5-9)6-14-10-3-4-15-7-10/h1-2,5,10,14H,3-4,6-7H2. The molecule has 1 nitrogen and oxygen atoms in total. The molecule has 15 heavy (non-hydrogen) atoms. The number of halogens is 2. The van der Waals surface area contributed by atoms with Gasteiger partial charge >= 0.3 is 0 Å². The van der Waals surface area contributed by atoms with E-state index >= 15 is 0 Å². The van der Waals surface area contributed by atoms with Gasteiger partial charge in [0.25, 0.3) is 0 Å². The van der Waals surface area contributed by atoms with Crippen molar-refractivity contribution < 1.29 is 8.78 Å². The van der Waals surface area contributed by atoms with Crippen molar-refractivity contribution in [3.8, 4) is 0 Å². The molecule has 1 fully saturated rings. The van der Waals surface area contributed by atoms with Crippen LogP contribution in [0.4, 0.5) is 8.78 Å².